The topological polar surface area (TPSA) is 54.0 Å². The number of rotatable bonds is 12. The highest BCUT2D eigenvalue weighted by Gasteiger charge is 2.11. The number of hydrogen-bond acceptors (Lipinski definition) is 5. The number of hydrogen-bond donors (Lipinski definition) is 0. The highest BCUT2D eigenvalue weighted by atomic mass is 16.5. The Kier molecular flexibility index (Phi) is 9.44. The summed E-state index contributed by atoms with van der Waals surface area (Å²) in [6, 6.07) is 7.21. The average Bonchev–Trinajstić information content (AvgIpc) is 2.50. The predicted octanol–water partition coefficient (Wildman–Crippen LogP) is 2.34. The molecule has 5 nitrogen and oxygen atoms in total. The van der Waals surface area contributed by atoms with Crippen molar-refractivity contribution in [2.45, 2.75) is 13.3 Å². The molecule has 1 rings (SSSR count). The third kappa shape index (κ3) is 7.22. The molecule has 0 N–H and O–H groups in total. The molecule has 0 saturated heterocycles. The summed E-state index contributed by atoms with van der Waals surface area (Å²) >= 11 is 0. The first-order valence-corrected chi connectivity index (χ1v) is 7.19. The van der Waals surface area contributed by atoms with Gasteiger partial charge in [0, 0.05) is 20.3 Å². The van der Waals surface area contributed by atoms with Crippen LogP contribution in [0.25, 0.3) is 0 Å². The molecule has 0 heterocycles. The van der Waals surface area contributed by atoms with E-state index in [4.69, 9.17) is 18.9 Å². The van der Waals surface area contributed by atoms with Crippen LogP contribution in [0.5, 0.6) is 5.75 Å². The third-order valence-corrected chi connectivity index (χ3v) is 2.73. The maximum atomic E-state index is 12.1. The Bertz CT molecular complexity index is 405. The fourth-order valence-electron chi connectivity index (χ4n) is 1.73. The van der Waals surface area contributed by atoms with Crippen LogP contribution in [0.3, 0.4) is 0 Å². The Morgan fingerprint density at radius 3 is 2.57 bits per heavy atom. The Morgan fingerprint density at radius 1 is 1.05 bits per heavy atom. The van der Waals surface area contributed by atoms with Gasteiger partial charge in [-0.05, 0) is 25.5 Å². The van der Waals surface area contributed by atoms with Crippen LogP contribution in [0.1, 0.15) is 23.7 Å². The van der Waals surface area contributed by atoms with E-state index in [0.717, 1.165) is 6.42 Å². The largest absolute Gasteiger partial charge is 0.493 e. The fourth-order valence-corrected chi connectivity index (χ4v) is 1.73. The maximum Gasteiger partial charge on any atom is 0.192 e. The lowest BCUT2D eigenvalue weighted by molar-refractivity contribution is 0.0487. The summed E-state index contributed by atoms with van der Waals surface area (Å²) in [5.74, 6) is 0.538. The number of ether oxygens (including phenoxy) is 4. The van der Waals surface area contributed by atoms with Gasteiger partial charge < -0.3 is 18.9 Å². The summed E-state index contributed by atoms with van der Waals surface area (Å²) < 4.78 is 21.0. The monoisotopic (exact) mass is 296 g/mol. The minimum Gasteiger partial charge on any atom is -0.493 e. The Hall–Kier alpha value is -1.43. The summed E-state index contributed by atoms with van der Waals surface area (Å²) in [7, 11) is 1.64. The Morgan fingerprint density at radius 2 is 1.81 bits per heavy atom. The molecule has 0 spiro atoms. The SMILES string of the molecule is CCOc1ccccc1C(=O)COCCCOCCOC. The molecule has 0 aliphatic heterocycles. The van der Waals surface area contributed by atoms with Gasteiger partial charge in [0.05, 0.1) is 25.4 Å². The van der Waals surface area contributed by atoms with E-state index in [-0.39, 0.29) is 12.4 Å². The molecule has 0 radical (unpaired) electrons. The lowest BCUT2D eigenvalue weighted by Gasteiger charge is -2.09. The van der Waals surface area contributed by atoms with Crippen molar-refractivity contribution in [1.82, 2.24) is 0 Å². The van der Waals surface area contributed by atoms with Crippen LogP contribution in [0.4, 0.5) is 0 Å². The molecule has 0 unspecified atom stereocenters. The molecule has 0 aliphatic rings. The highest BCUT2D eigenvalue weighted by molar-refractivity contribution is 5.99. The van der Waals surface area contributed by atoms with E-state index in [2.05, 4.69) is 0 Å². The summed E-state index contributed by atoms with van der Waals surface area (Å²) in [6.45, 7) is 4.75. The zero-order valence-corrected chi connectivity index (χ0v) is 12.8. The van der Waals surface area contributed by atoms with E-state index in [1.54, 1.807) is 19.2 Å². The molecule has 0 saturated carbocycles. The first-order chi connectivity index (χ1) is 10.3. The zero-order valence-electron chi connectivity index (χ0n) is 12.8. The van der Waals surface area contributed by atoms with E-state index in [1.807, 2.05) is 19.1 Å². The van der Waals surface area contributed by atoms with E-state index in [0.29, 0.717) is 44.3 Å². The van der Waals surface area contributed by atoms with E-state index >= 15 is 0 Å². The summed E-state index contributed by atoms with van der Waals surface area (Å²) in [5.41, 5.74) is 0.565. The van der Waals surface area contributed by atoms with Gasteiger partial charge in [0.1, 0.15) is 12.4 Å². The molecular formula is C16H24O5. The van der Waals surface area contributed by atoms with Crippen molar-refractivity contribution in [3.05, 3.63) is 29.8 Å². The number of benzene rings is 1. The summed E-state index contributed by atoms with van der Waals surface area (Å²) in [5, 5.41) is 0. The first kappa shape index (κ1) is 17.6. The molecule has 1 aromatic rings. The molecule has 118 valence electrons. The van der Waals surface area contributed by atoms with Crippen molar-refractivity contribution in [1.29, 1.82) is 0 Å². The fraction of sp³-hybridized carbons (Fsp3) is 0.562. The summed E-state index contributed by atoms with van der Waals surface area (Å²) in [6.07, 6.45) is 0.754. The second kappa shape index (κ2) is 11.3. The maximum absolute atomic E-state index is 12.1. The third-order valence-electron chi connectivity index (χ3n) is 2.73. The number of para-hydroxylation sites is 1. The first-order valence-electron chi connectivity index (χ1n) is 7.19. The van der Waals surface area contributed by atoms with Crippen LogP contribution in [0.15, 0.2) is 24.3 Å². The minimum atomic E-state index is -0.0700. The Balaban J connectivity index is 2.22. The second-order valence-corrected chi connectivity index (χ2v) is 4.36. The minimum absolute atomic E-state index is 0.0577. The van der Waals surface area contributed by atoms with Crippen molar-refractivity contribution in [2.75, 3.05) is 46.8 Å². The van der Waals surface area contributed by atoms with Gasteiger partial charge in [0.25, 0.3) is 0 Å². The standard InChI is InChI=1S/C16H24O5/c1-3-21-16-8-5-4-7-14(16)15(17)13-20-10-6-9-19-12-11-18-2/h4-5,7-8H,3,6,9-13H2,1-2H3. The molecule has 5 heteroatoms. The van der Waals surface area contributed by atoms with Gasteiger partial charge in [-0.25, -0.2) is 0 Å². The average molecular weight is 296 g/mol. The van der Waals surface area contributed by atoms with Crippen molar-refractivity contribution >= 4 is 5.78 Å². The molecule has 0 atom stereocenters. The number of carbonyl (C=O) groups is 1. The molecule has 0 amide bonds. The van der Waals surface area contributed by atoms with Gasteiger partial charge in [0.2, 0.25) is 0 Å². The predicted molar refractivity (Wildman–Crippen MR) is 80.1 cm³/mol. The van der Waals surface area contributed by atoms with Crippen LogP contribution in [-0.4, -0.2) is 52.5 Å². The van der Waals surface area contributed by atoms with Crippen LogP contribution in [0.2, 0.25) is 0 Å². The molecule has 0 bridgehead atoms. The molecular weight excluding hydrogens is 272 g/mol. The lowest BCUT2D eigenvalue weighted by Crippen LogP contribution is -2.13. The van der Waals surface area contributed by atoms with Gasteiger partial charge in [0.15, 0.2) is 5.78 Å². The lowest BCUT2D eigenvalue weighted by atomic mass is 10.1. The van der Waals surface area contributed by atoms with Crippen LogP contribution >= 0.6 is 0 Å². The van der Waals surface area contributed by atoms with Gasteiger partial charge in [-0.3, -0.25) is 4.79 Å². The quantitative estimate of drug-likeness (QED) is 0.438. The smallest absolute Gasteiger partial charge is 0.192 e. The van der Waals surface area contributed by atoms with Gasteiger partial charge in [-0.2, -0.15) is 0 Å². The normalized spacial score (nSPS) is 10.6. The number of Topliss-reactive ketones (excluding diaryl/α,β-unsaturated/α-hetero) is 1. The van der Waals surface area contributed by atoms with Crippen LogP contribution < -0.4 is 4.74 Å². The van der Waals surface area contributed by atoms with Crippen molar-refractivity contribution in [3.8, 4) is 5.75 Å². The van der Waals surface area contributed by atoms with Crippen molar-refractivity contribution < 1.29 is 23.7 Å². The zero-order chi connectivity index (χ0) is 15.3. The number of ketones is 1. The molecule has 21 heavy (non-hydrogen) atoms. The van der Waals surface area contributed by atoms with Gasteiger partial charge in [-0.1, -0.05) is 12.1 Å². The molecule has 0 fully saturated rings. The number of carbonyl (C=O) groups excluding carboxylic acids is 1. The van der Waals surface area contributed by atoms with Crippen molar-refractivity contribution in [2.24, 2.45) is 0 Å². The Labute approximate surface area is 126 Å². The van der Waals surface area contributed by atoms with E-state index in [1.165, 1.54) is 0 Å². The van der Waals surface area contributed by atoms with E-state index in [9.17, 15) is 4.79 Å². The van der Waals surface area contributed by atoms with Gasteiger partial charge >= 0.3 is 0 Å². The molecule has 0 aromatic heterocycles. The molecule has 1 aromatic carbocycles. The number of methoxy groups -OCH3 is 1. The van der Waals surface area contributed by atoms with Crippen LogP contribution in [0, 0.1) is 0 Å². The van der Waals surface area contributed by atoms with E-state index < -0.39 is 0 Å². The van der Waals surface area contributed by atoms with Crippen LogP contribution in [-0.2, 0) is 14.2 Å². The molecule has 0 aliphatic carbocycles. The summed E-state index contributed by atoms with van der Waals surface area (Å²) in [4.78, 5) is 12.1. The second-order valence-electron chi connectivity index (χ2n) is 4.36. The van der Waals surface area contributed by atoms with Gasteiger partial charge in [-0.15, -0.1) is 0 Å². The van der Waals surface area contributed by atoms with Crippen molar-refractivity contribution in [3.63, 3.8) is 0 Å². The highest BCUT2D eigenvalue weighted by Crippen LogP contribution is 2.18.